The van der Waals surface area contributed by atoms with Crippen molar-refractivity contribution in [1.82, 2.24) is 0 Å². The van der Waals surface area contributed by atoms with E-state index in [0.717, 1.165) is 18.2 Å². The van der Waals surface area contributed by atoms with Crippen LogP contribution < -0.4 is 4.74 Å². The van der Waals surface area contributed by atoms with Crippen molar-refractivity contribution >= 4 is 17.4 Å². The third-order valence-electron chi connectivity index (χ3n) is 3.03. The van der Waals surface area contributed by atoms with Gasteiger partial charge in [-0.25, -0.2) is 4.39 Å². The molecule has 1 aromatic carbocycles. The maximum absolute atomic E-state index is 13.5. The number of benzene rings is 1. The first-order chi connectivity index (χ1) is 10.7. The van der Waals surface area contributed by atoms with Crippen molar-refractivity contribution < 1.29 is 31.8 Å². The molecule has 0 spiro atoms. The van der Waals surface area contributed by atoms with E-state index < -0.39 is 29.6 Å². The fourth-order valence-corrected chi connectivity index (χ4v) is 1.95. The van der Waals surface area contributed by atoms with Crippen molar-refractivity contribution in [1.29, 1.82) is 0 Å². The highest BCUT2D eigenvalue weighted by Crippen LogP contribution is 2.31. The van der Waals surface area contributed by atoms with E-state index in [9.17, 15) is 22.4 Å². The normalized spacial score (nSPS) is 18.3. The Morgan fingerprint density at radius 3 is 2.57 bits per heavy atom. The molecule has 0 heterocycles. The Hall–Kier alpha value is -2.02. The SMILES string of the molecule is CC1C(=O)C=C(OCc2ccc(Cl)c(OC(F)(F)F)c2)C=C1F. The lowest BCUT2D eigenvalue weighted by Crippen LogP contribution is -2.17. The molecular formula is C15H11ClF4O3. The van der Waals surface area contributed by atoms with E-state index in [-0.39, 0.29) is 17.4 Å². The minimum Gasteiger partial charge on any atom is -0.489 e. The molecule has 3 nitrogen and oxygen atoms in total. The molecule has 1 aliphatic carbocycles. The third kappa shape index (κ3) is 4.72. The smallest absolute Gasteiger partial charge is 0.489 e. The summed E-state index contributed by atoms with van der Waals surface area (Å²) in [6, 6.07) is 3.71. The van der Waals surface area contributed by atoms with Gasteiger partial charge in [0.2, 0.25) is 0 Å². The van der Waals surface area contributed by atoms with Crippen LogP contribution >= 0.6 is 11.6 Å². The Labute approximate surface area is 134 Å². The van der Waals surface area contributed by atoms with Gasteiger partial charge < -0.3 is 9.47 Å². The van der Waals surface area contributed by atoms with Gasteiger partial charge in [0, 0.05) is 12.2 Å². The molecule has 2 rings (SSSR count). The fourth-order valence-electron chi connectivity index (χ4n) is 1.79. The molecule has 0 amide bonds. The molecule has 1 aliphatic rings. The number of hydrogen-bond acceptors (Lipinski definition) is 3. The van der Waals surface area contributed by atoms with Crippen LogP contribution in [0, 0.1) is 5.92 Å². The summed E-state index contributed by atoms with van der Waals surface area (Å²) in [5.41, 5.74) is 0.314. The predicted octanol–water partition coefficient (Wildman–Crippen LogP) is 4.71. The molecule has 0 radical (unpaired) electrons. The zero-order chi connectivity index (χ0) is 17.2. The van der Waals surface area contributed by atoms with Crippen molar-refractivity contribution in [3.8, 4) is 5.75 Å². The van der Waals surface area contributed by atoms with Gasteiger partial charge in [-0.05, 0) is 24.6 Å². The maximum atomic E-state index is 13.5. The Morgan fingerprint density at radius 2 is 1.96 bits per heavy atom. The zero-order valence-corrected chi connectivity index (χ0v) is 12.5. The Bertz CT molecular complexity index is 680. The summed E-state index contributed by atoms with van der Waals surface area (Å²) in [7, 11) is 0. The highest BCUT2D eigenvalue weighted by Gasteiger charge is 2.32. The second-order valence-electron chi connectivity index (χ2n) is 4.80. The van der Waals surface area contributed by atoms with Crippen LogP contribution in [0.2, 0.25) is 5.02 Å². The number of ether oxygens (including phenoxy) is 2. The molecule has 0 saturated heterocycles. The van der Waals surface area contributed by atoms with Gasteiger partial charge in [-0.2, -0.15) is 0 Å². The molecule has 124 valence electrons. The number of ketones is 1. The van der Waals surface area contributed by atoms with Gasteiger partial charge in [-0.1, -0.05) is 17.7 Å². The topological polar surface area (TPSA) is 35.5 Å². The lowest BCUT2D eigenvalue weighted by atomic mass is 9.99. The molecule has 1 aromatic rings. The highest BCUT2D eigenvalue weighted by atomic mass is 35.5. The van der Waals surface area contributed by atoms with Crippen LogP contribution in [0.5, 0.6) is 5.75 Å². The van der Waals surface area contributed by atoms with Gasteiger partial charge >= 0.3 is 6.36 Å². The number of allylic oxidation sites excluding steroid dienone is 3. The van der Waals surface area contributed by atoms with Gasteiger partial charge in [-0.3, -0.25) is 4.79 Å². The summed E-state index contributed by atoms with van der Waals surface area (Å²) < 4.78 is 59.2. The van der Waals surface area contributed by atoms with Crippen molar-refractivity contribution in [2.75, 3.05) is 0 Å². The Kier molecular flexibility index (Phi) is 4.99. The van der Waals surface area contributed by atoms with Crippen molar-refractivity contribution in [3.05, 3.63) is 52.5 Å². The van der Waals surface area contributed by atoms with Crippen LogP contribution in [0.4, 0.5) is 17.6 Å². The molecule has 0 aromatic heterocycles. The standard InChI is InChI=1S/C15H11ClF4O3/c1-8-12(17)5-10(6-13(8)21)22-7-9-2-3-11(16)14(4-9)23-15(18,19)20/h2-6,8H,7H2,1H3. The molecule has 0 aliphatic heterocycles. The van der Waals surface area contributed by atoms with E-state index >= 15 is 0 Å². The van der Waals surface area contributed by atoms with Crippen LogP contribution in [0.15, 0.2) is 41.9 Å². The van der Waals surface area contributed by atoms with E-state index in [2.05, 4.69) is 4.74 Å². The van der Waals surface area contributed by atoms with Gasteiger partial charge in [0.05, 0.1) is 10.9 Å². The lowest BCUT2D eigenvalue weighted by molar-refractivity contribution is -0.274. The van der Waals surface area contributed by atoms with E-state index in [1.165, 1.54) is 19.1 Å². The van der Waals surface area contributed by atoms with Crippen molar-refractivity contribution in [2.24, 2.45) is 5.92 Å². The molecule has 8 heteroatoms. The van der Waals surface area contributed by atoms with E-state index in [4.69, 9.17) is 16.3 Å². The predicted molar refractivity (Wildman–Crippen MR) is 74.4 cm³/mol. The van der Waals surface area contributed by atoms with Gasteiger partial charge in [0.1, 0.15) is 23.9 Å². The van der Waals surface area contributed by atoms with E-state index in [1.807, 2.05) is 0 Å². The van der Waals surface area contributed by atoms with Gasteiger partial charge in [0.25, 0.3) is 0 Å². The quantitative estimate of drug-likeness (QED) is 0.738. The summed E-state index contributed by atoms with van der Waals surface area (Å²) in [5, 5.41) is -0.210. The van der Waals surface area contributed by atoms with Crippen LogP contribution in [-0.4, -0.2) is 12.1 Å². The average molecular weight is 351 g/mol. The van der Waals surface area contributed by atoms with Gasteiger partial charge in [-0.15, -0.1) is 13.2 Å². The van der Waals surface area contributed by atoms with Crippen LogP contribution in [0.1, 0.15) is 12.5 Å². The first-order valence-corrected chi connectivity index (χ1v) is 6.83. The monoisotopic (exact) mass is 350 g/mol. The van der Waals surface area contributed by atoms with Crippen LogP contribution in [0.25, 0.3) is 0 Å². The first-order valence-electron chi connectivity index (χ1n) is 6.45. The molecule has 0 N–H and O–H groups in total. The molecule has 0 fully saturated rings. The molecule has 1 unspecified atom stereocenters. The zero-order valence-electron chi connectivity index (χ0n) is 11.8. The molecule has 1 atom stereocenters. The van der Waals surface area contributed by atoms with Crippen molar-refractivity contribution in [2.45, 2.75) is 19.9 Å². The lowest BCUT2D eigenvalue weighted by Gasteiger charge is -2.15. The van der Waals surface area contributed by atoms with Gasteiger partial charge in [0.15, 0.2) is 5.78 Å². The summed E-state index contributed by atoms with van der Waals surface area (Å²) in [6.07, 6.45) is -2.67. The second kappa shape index (κ2) is 6.62. The highest BCUT2D eigenvalue weighted by molar-refractivity contribution is 6.32. The number of alkyl halides is 3. The average Bonchev–Trinajstić information content (AvgIpc) is 2.44. The number of rotatable bonds is 4. The third-order valence-corrected chi connectivity index (χ3v) is 3.34. The summed E-state index contributed by atoms with van der Waals surface area (Å²) in [4.78, 5) is 11.5. The molecular weight excluding hydrogens is 340 g/mol. The fraction of sp³-hybridized carbons (Fsp3) is 0.267. The number of halogens is 5. The minimum atomic E-state index is -4.87. The minimum absolute atomic E-state index is 0.00107. The summed E-state index contributed by atoms with van der Waals surface area (Å²) >= 11 is 5.62. The largest absolute Gasteiger partial charge is 0.573 e. The number of carbonyl (C=O) groups is 1. The molecule has 0 bridgehead atoms. The van der Waals surface area contributed by atoms with E-state index in [0.29, 0.717) is 5.56 Å². The summed E-state index contributed by atoms with van der Waals surface area (Å²) in [5.74, 6) is -2.50. The first kappa shape index (κ1) is 17.3. The van der Waals surface area contributed by atoms with Crippen LogP contribution in [-0.2, 0) is 16.1 Å². The maximum Gasteiger partial charge on any atom is 0.573 e. The van der Waals surface area contributed by atoms with E-state index in [1.54, 1.807) is 0 Å². The number of carbonyl (C=O) groups excluding carboxylic acids is 1. The number of hydrogen-bond donors (Lipinski definition) is 0. The van der Waals surface area contributed by atoms with Crippen LogP contribution in [0.3, 0.4) is 0 Å². The molecule has 23 heavy (non-hydrogen) atoms. The molecule has 0 saturated carbocycles. The second-order valence-corrected chi connectivity index (χ2v) is 5.21. The van der Waals surface area contributed by atoms with Crippen molar-refractivity contribution in [3.63, 3.8) is 0 Å². The summed E-state index contributed by atoms with van der Waals surface area (Å²) in [6.45, 7) is 1.24. The Morgan fingerprint density at radius 1 is 1.26 bits per heavy atom. The Balaban J connectivity index is 2.08.